The van der Waals surface area contributed by atoms with Crippen LogP contribution in [0.4, 0.5) is 0 Å². The maximum atomic E-state index is 12.4. The standard InChI is InChI=1S/C15H21N5O3S/c1-11-9-14-17-12(6-8-20(14)18-11)13-5-3-4-7-19(13)15(21)10-16-24(2,22)23/h6,8-9,13,16H,3-5,7,10H2,1-2H3/t13-/m0/s1. The summed E-state index contributed by atoms with van der Waals surface area (Å²) in [5.74, 6) is -0.225. The highest BCUT2D eigenvalue weighted by Gasteiger charge is 2.29. The number of hydrogen-bond acceptors (Lipinski definition) is 5. The third-order valence-corrected chi connectivity index (χ3v) is 4.79. The Balaban J connectivity index is 1.83. The molecule has 0 aromatic carbocycles. The number of sulfonamides is 1. The lowest BCUT2D eigenvalue weighted by molar-refractivity contribution is -0.133. The number of hydrogen-bond donors (Lipinski definition) is 1. The fourth-order valence-electron chi connectivity index (χ4n) is 3.03. The number of rotatable bonds is 4. The van der Waals surface area contributed by atoms with Crippen LogP contribution in [-0.2, 0) is 14.8 Å². The molecule has 2 aromatic heterocycles. The summed E-state index contributed by atoms with van der Waals surface area (Å²) in [4.78, 5) is 18.8. The normalized spacial score (nSPS) is 18.9. The lowest BCUT2D eigenvalue weighted by Gasteiger charge is -2.35. The van der Waals surface area contributed by atoms with Crippen LogP contribution in [0.15, 0.2) is 18.3 Å². The van der Waals surface area contributed by atoms with E-state index in [1.807, 2.05) is 25.3 Å². The van der Waals surface area contributed by atoms with Crippen molar-refractivity contribution in [3.8, 4) is 0 Å². The van der Waals surface area contributed by atoms with Crippen LogP contribution in [-0.4, -0.2) is 53.2 Å². The Morgan fingerprint density at radius 2 is 2.21 bits per heavy atom. The Morgan fingerprint density at radius 3 is 2.96 bits per heavy atom. The number of carbonyl (C=O) groups excluding carboxylic acids is 1. The van der Waals surface area contributed by atoms with E-state index < -0.39 is 10.0 Å². The van der Waals surface area contributed by atoms with E-state index in [0.717, 1.165) is 42.6 Å². The van der Waals surface area contributed by atoms with Crippen molar-refractivity contribution in [3.05, 3.63) is 29.7 Å². The van der Waals surface area contributed by atoms with E-state index in [0.29, 0.717) is 6.54 Å². The van der Waals surface area contributed by atoms with Gasteiger partial charge in [-0.1, -0.05) is 0 Å². The number of carbonyl (C=O) groups is 1. The molecule has 1 fully saturated rings. The third kappa shape index (κ3) is 3.73. The molecule has 0 bridgehead atoms. The zero-order valence-corrected chi connectivity index (χ0v) is 14.6. The zero-order valence-electron chi connectivity index (χ0n) is 13.8. The molecule has 1 N–H and O–H groups in total. The number of fused-ring (bicyclic) bond motifs is 1. The summed E-state index contributed by atoms with van der Waals surface area (Å²) in [6.07, 6.45) is 5.64. The Hall–Kier alpha value is -2.00. The molecule has 1 aliphatic rings. The molecule has 1 atom stereocenters. The van der Waals surface area contributed by atoms with Crippen LogP contribution in [0.3, 0.4) is 0 Å². The largest absolute Gasteiger partial charge is 0.333 e. The lowest BCUT2D eigenvalue weighted by Crippen LogP contribution is -2.44. The first-order valence-corrected chi connectivity index (χ1v) is 9.80. The second-order valence-corrected chi connectivity index (χ2v) is 7.97. The molecule has 3 heterocycles. The van der Waals surface area contributed by atoms with Gasteiger partial charge in [0.25, 0.3) is 0 Å². The zero-order chi connectivity index (χ0) is 17.3. The summed E-state index contributed by atoms with van der Waals surface area (Å²) in [5.41, 5.74) is 2.45. The average molecular weight is 351 g/mol. The van der Waals surface area contributed by atoms with Crippen molar-refractivity contribution in [2.75, 3.05) is 19.3 Å². The first-order valence-electron chi connectivity index (χ1n) is 7.90. The molecular weight excluding hydrogens is 330 g/mol. The van der Waals surface area contributed by atoms with Gasteiger partial charge in [-0.3, -0.25) is 4.79 Å². The SMILES string of the molecule is Cc1cc2nc([C@@H]3CCCCN3C(=O)CNS(C)(=O)=O)ccn2n1. The van der Waals surface area contributed by atoms with E-state index in [1.54, 1.807) is 9.42 Å². The maximum Gasteiger partial charge on any atom is 0.238 e. The van der Waals surface area contributed by atoms with E-state index in [-0.39, 0.29) is 18.5 Å². The predicted octanol–water partition coefficient (Wildman–Crippen LogP) is 0.641. The first kappa shape index (κ1) is 16.8. The lowest BCUT2D eigenvalue weighted by atomic mass is 9.99. The third-order valence-electron chi connectivity index (χ3n) is 4.12. The van der Waals surface area contributed by atoms with Crippen LogP contribution in [0, 0.1) is 6.92 Å². The van der Waals surface area contributed by atoms with Crippen molar-refractivity contribution in [2.24, 2.45) is 0 Å². The number of aromatic nitrogens is 3. The van der Waals surface area contributed by atoms with E-state index in [2.05, 4.69) is 14.8 Å². The second kappa shape index (κ2) is 6.48. The van der Waals surface area contributed by atoms with Gasteiger partial charge in [0.2, 0.25) is 15.9 Å². The van der Waals surface area contributed by atoms with Gasteiger partial charge in [0.15, 0.2) is 5.65 Å². The molecule has 0 radical (unpaired) electrons. The van der Waals surface area contributed by atoms with Crippen molar-refractivity contribution >= 4 is 21.6 Å². The van der Waals surface area contributed by atoms with Crippen LogP contribution in [0.1, 0.15) is 36.7 Å². The van der Waals surface area contributed by atoms with Crippen molar-refractivity contribution in [2.45, 2.75) is 32.2 Å². The van der Waals surface area contributed by atoms with E-state index in [1.165, 1.54) is 0 Å². The number of piperidine rings is 1. The minimum Gasteiger partial charge on any atom is -0.333 e. The number of nitrogens with one attached hydrogen (secondary N) is 1. The van der Waals surface area contributed by atoms with Crippen molar-refractivity contribution in [3.63, 3.8) is 0 Å². The molecule has 0 aliphatic carbocycles. The summed E-state index contributed by atoms with van der Waals surface area (Å²) >= 11 is 0. The van der Waals surface area contributed by atoms with Gasteiger partial charge in [0, 0.05) is 18.8 Å². The highest BCUT2D eigenvalue weighted by Crippen LogP contribution is 2.30. The minimum atomic E-state index is -3.39. The smallest absolute Gasteiger partial charge is 0.238 e. The van der Waals surface area contributed by atoms with Crippen molar-refractivity contribution < 1.29 is 13.2 Å². The highest BCUT2D eigenvalue weighted by molar-refractivity contribution is 7.88. The predicted molar refractivity (Wildman–Crippen MR) is 88.9 cm³/mol. The van der Waals surface area contributed by atoms with Gasteiger partial charge < -0.3 is 4.90 Å². The molecule has 9 heteroatoms. The molecule has 8 nitrogen and oxygen atoms in total. The van der Waals surface area contributed by atoms with Crippen LogP contribution in [0.5, 0.6) is 0 Å². The minimum absolute atomic E-state index is 0.132. The number of nitrogens with zero attached hydrogens (tertiary/aromatic N) is 4. The molecule has 0 spiro atoms. The van der Waals surface area contributed by atoms with Crippen LogP contribution >= 0.6 is 0 Å². The Morgan fingerprint density at radius 1 is 1.42 bits per heavy atom. The van der Waals surface area contributed by atoms with Gasteiger partial charge in [0.05, 0.1) is 30.2 Å². The van der Waals surface area contributed by atoms with Crippen molar-refractivity contribution in [1.82, 2.24) is 24.2 Å². The Bertz CT molecular complexity index is 861. The fraction of sp³-hybridized carbons (Fsp3) is 0.533. The molecule has 3 rings (SSSR count). The fourth-order valence-corrected chi connectivity index (χ4v) is 3.42. The van der Waals surface area contributed by atoms with Gasteiger partial charge >= 0.3 is 0 Å². The number of likely N-dealkylation sites (tertiary alicyclic amines) is 1. The van der Waals surface area contributed by atoms with Gasteiger partial charge in [-0.05, 0) is 32.3 Å². The van der Waals surface area contributed by atoms with Gasteiger partial charge in [0.1, 0.15) is 0 Å². The Labute approximate surface area is 140 Å². The average Bonchev–Trinajstić information content (AvgIpc) is 2.91. The number of aryl methyl sites for hydroxylation is 1. The molecule has 1 aliphatic heterocycles. The maximum absolute atomic E-state index is 12.4. The van der Waals surface area contributed by atoms with Gasteiger partial charge in [-0.15, -0.1) is 0 Å². The molecule has 1 saturated heterocycles. The Kier molecular flexibility index (Phi) is 4.55. The second-order valence-electron chi connectivity index (χ2n) is 6.13. The van der Waals surface area contributed by atoms with E-state index >= 15 is 0 Å². The first-order chi connectivity index (χ1) is 11.3. The summed E-state index contributed by atoms with van der Waals surface area (Å²) in [7, 11) is -3.39. The topological polar surface area (TPSA) is 96.7 Å². The van der Waals surface area contributed by atoms with E-state index in [4.69, 9.17) is 0 Å². The monoisotopic (exact) mass is 351 g/mol. The van der Waals surface area contributed by atoms with Gasteiger partial charge in [-0.2, -0.15) is 5.10 Å². The van der Waals surface area contributed by atoms with Crippen molar-refractivity contribution in [1.29, 1.82) is 0 Å². The molecule has 1 amide bonds. The van der Waals surface area contributed by atoms with Crippen LogP contribution in [0.25, 0.3) is 5.65 Å². The number of amides is 1. The highest BCUT2D eigenvalue weighted by atomic mass is 32.2. The quantitative estimate of drug-likeness (QED) is 0.872. The molecule has 2 aromatic rings. The van der Waals surface area contributed by atoms with Gasteiger partial charge in [-0.25, -0.2) is 22.6 Å². The summed E-state index contributed by atoms with van der Waals surface area (Å²) in [5, 5.41) is 4.31. The summed E-state index contributed by atoms with van der Waals surface area (Å²) in [6.45, 7) is 2.30. The summed E-state index contributed by atoms with van der Waals surface area (Å²) in [6, 6.07) is 3.64. The van der Waals surface area contributed by atoms with E-state index in [9.17, 15) is 13.2 Å². The van der Waals surface area contributed by atoms with Crippen LogP contribution < -0.4 is 4.72 Å². The molecule has 130 valence electrons. The molecule has 24 heavy (non-hydrogen) atoms. The summed E-state index contributed by atoms with van der Waals surface area (Å²) < 4.78 is 26.4. The molecular formula is C15H21N5O3S. The molecule has 0 unspecified atom stereocenters. The van der Waals surface area contributed by atoms with Crippen LogP contribution in [0.2, 0.25) is 0 Å². The molecule has 0 saturated carbocycles.